The van der Waals surface area contributed by atoms with Crippen molar-refractivity contribution in [2.45, 2.75) is 25.9 Å². The van der Waals surface area contributed by atoms with E-state index in [1.165, 1.54) is 14.0 Å². The molecule has 1 aromatic rings. The molecule has 0 amide bonds. The Morgan fingerprint density at radius 1 is 1.29 bits per heavy atom. The van der Waals surface area contributed by atoms with Crippen LogP contribution in [-0.4, -0.2) is 20.8 Å². The fraction of sp³-hybridized carbons (Fsp3) is 0.538. The Bertz CT molecular complexity index is 367. The molecule has 0 spiro atoms. The van der Waals surface area contributed by atoms with Crippen molar-refractivity contribution in [1.29, 1.82) is 0 Å². The Kier molecular flexibility index (Phi) is 5.22. The van der Waals surface area contributed by atoms with Crippen LogP contribution in [0.3, 0.4) is 0 Å². The first kappa shape index (κ1) is 13.8. The Morgan fingerprint density at radius 2 is 2.00 bits per heavy atom. The monoisotopic (exact) mass is 241 g/mol. The van der Waals surface area contributed by atoms with Gasteiger partial charge in [-0.25, -0.2) is 4.39 Å². The van der Waals surface area contributed by atoms with Crippen LogP contribution in [0.4, 0.5) is 4.39 Å². The molecule has 0 aromatic heterocycles. The second kappa shape index (κ2) is 6.45. The highest BCUT2D eigenvalue weighted by atomic mass is 19.1. The first-order chi connectivity index (χ1) is 8.13. The first-order valence-corrected chi connectivity index (χ1v) is 5.73. The SMILES string of the molecule is COc1cc(CCCN)cc(C(C)F)c1OC. The highest BCUT2D eigenvalue weighted by Crippen LogP contribution is 2.37. The Morgan fingerprint density at radius 3 is 2.47 bits per heavy atom. The van der Waals surface area contributed by atoms with E-state index in [0.717, 1.165) is 18.4 Å². The van der Waals surface area contributed by atoms with Crippen LogP contribution in [-0.2, 0) is 6.42 Å². The van der Waals surface area contributed by atoms with Gasteiger partial charge in [0, 0.05) is 5.56 Å². The summed E-state index contributed by atoms with van der Waals surface area (Å²) < 4.78 is 24.0. The molecule has 0 saturated heterocycles. The molecule has 0 saturated carbocycles. The fourth-order valence-corrected chi connectivity index (χ4v) is 1.80. The van der Waals surface area contributed by atoms with Crippen molar-refractivity contribution in [3.05, 3.63) is 23.3 Å². The number of ether oxygens (including phenoxy) is 2. The minimum Gasteiger partial charge on any atom is -0.493 e. The summed E-state index contributed by atoms with van der Waals surface area (Å²) >= 11 is 0. The number of nitrogens with two attached hydrogens (primary N) is 1. The second-order valence-corrected chi connectivity index (χ2v) is 3.93. The molecule has 0 heterocycles. The largest absolute Gasteiger partial charge is 0.493 e. The Labute approximate surface area is 102 Å². The van der Waals surface area contributed by atoms with E-state index >= 15 is 0 Å². The van der Waals surface area contributed by atoms with Crippen LogP contribution in [0.25, 0.3) is 0 Å². The summed E-state index contributed by atoms with van der Waals surface area (Å²) in [7, 11) is 3.07. The van der Waals surface area contributed by atoms with Gasteiger partial charge >= 0.3 is 0 Å². The summed E-state index contributed by atoms with van der Waals surface area (Å²) in [5.41, 5.74) is 7.02. The summed E-state index contributed by atoms with van der Waals surface area (Å²) in [6.07, 6.45) is 0.600. The molecular weight excluding hydrogens is 221 g/mol. The van der Waals surface area contributed by atoms with Crippen LogP contribution in [0.15, 0.2) is 12.1 Å². The van der Waals surface area contributed by atoms with Gasteiger partial charge in [-0.2, -0.15) is 0 Å². The van der Waals surface area contributed by atoms with Crippen molar-refractivity contribution in [2.24, 2.45) is 5.73 Å². The predicted octanol–water partition coefficient (Wildman–Crippen LogP) is 2.63. The average molecular weight is 241 g/mol. The van der Waals surface area contributed by atoms with Crippen molar-refractivity contribution in [2.75, 3.05) is 20.8 Å². The number of methoxy groups -OCH3 is 2. The van der Waals surface area contributed by atoms with Crippen molar-refractivity contribution in [1.82, 2.24) is 0 Å². The number of hydrogen-bond donors (Lipinski definition) is 1. The Hall–Kier alpha value is -1.29. The van der Waals surface area contributed by atoms with E-state index in [1.807, 2.05) is 12.1 Å². The summed E-state index contributed by atoms with van der Waals surface area (Å²) in [5, 5.41) is 0. The van der Waals surface area contributed by atoms with Crippen LogP contribution in [0.1, 0.15) is 30.6 Å². The van der Waals surface area contributed by atoms with E-state index in [2.05, 4.69) is 0 Å². The number of rotatable bonds is 6. The van der Waals surface area contributed by atoms with Gasteiger partial charge in [-0.1, -0.05) is 0 Å². The van der Waals surface area contributed by atoms with E-state index in [0.29, 0.717) is 23.6 Å². The minimum absolute atomic E-state index is 0.471. The summed E-state index contributed by atoms with van der Waals surface area (Å²) in [6.45, 7) is 2.11. The van der Waals surface area contributed by atoms with Crippen LogP contribution in [0.2, 0.25) is 0 Å². The predicted molar refractivity (Wildman–Crippen MR) is 66.4 cm³/mol. The van der Waals surface area contributed by atoms with E-state index in [9.17, 15) is 4.39 Å². The summed E-state index contributed by atoms with van der Waals surface area (Å²) in [4.78, 5) is 0. The third kappa shape index (κ3) is 3.33. The van der Waals surface area contributed by atoms with Gasteiger partial charge in [-0.3, -0.25) is 0 Å². The standard InChI is InChI=1S/C13H20FNO2/c1-9(14)11-7-10(5-4-6-15)8-12(16-2)13(11)17-3/h7-9H,4-6,15H2,1-3H3. The fourth-order valence-electron chi connectivity index (χ4n) is 1.80. The van der Waals surface area contributed by atoms with E-state index in [4.69, 9.17) is 15.2 Å². The van der Waals surface area contributed by atoms with E-state index in [1.54, 1.807) is 7.11 Å². The number of aryl methyl sites for hydroxylation is 1. The van der Waals surface area contributed by atoms with Gasteiger partial charge in [0.25, 0.3) is 0 Å². The number of hydrogen-bond acceptors (Lipinski definition) is 3. The van der Waals surface area contributed by atoms with Gasteiger partial charge in [0.2, 0.25) is 0 Å². The van der Waals surface area contributed by atoms with E-state index in [-0.39, 0.29) is 0 Å². The molecule has 0 bridgehead atoms. The van der Waals surface area contributed by atoms with Gasteiger partial charge in [0.15, 0.2) is 11.5 Å². The first-order valence-electron chi connectivity index (χ1n) is 5.73. The Balaban J connectivity index is 3.15. The van der Waals surface area contributed by atoms with Gasteiger partial charge in [0.1, 0.15) is 6.17 Å². The van der Waals surface area contributed by atoms with Crippen LogP contribution in [0, 0.1) is 0 Å². The van der Waals surface area contributed by atoms with Crippen molar-refractivity contribution >= 4 is 0 Å². The maximum atomic E-state index is 13.5. The molecule has 1 rings (SSSR count). The van der Waals surface area contributed by atoms with Crippen LogP contribution in [0.5, 0.6) is 11.5 Å². The molecule has 17 heavy (non-hydrogen) atoms. The van der Waals surface area contributed by atoms with Crippen molar-refractivity contribution < 1.29 is 13.9 Å². The molecule has 1 unspecified atom stereocenters. The lowest BCUT2D eigenvalue weighted by atomic mass is 10.0. The molecule has 0 aliphatic carbocycles. The average Bonchev–Trinajstić information content (AvgIpc) is 2.34. The van der Waals surface area contributed by atoms with Gasteiger partial charge in [-0.15, -0.1) is 0 Å². The molecule has 96 valence electrons. The molecule has 0 aliphatic heterocycles. The van der Waals surface area contributed by atoms with Gasteiger partial charge < -0.3 is 15.2 Å². The highest BCUT2D eigenvalue weighted by Gasteiger charge is 2.16. The van der Waals surface area contributed by atoms with Crippen molar-refractivity contribution in [3.8, 4) is 11.5 Å². The normalized spacial score (nSPS) is 12.3. The second-order valence-electron chi connectivity index (χ2n) is 3.93. The third-order valence-corrected chi connectivity index (χ3v) is 2.67. The lowest BCUT2D eigenvalue weighted by Crippen LogP contribution is -2.03. The topological polar surface area (TPSA) is 44.5 Å². The molecule has 2 N–H and O–H groups in total. The lowest BCUT2D eigenvalue weighted by Gasteiger charge is -2.15. The quantitative estimate of drug-likeness (QED) is 0.832. The van der Waals surface area contributed by atoms with Gasteiger partial charge in [-0.05, 0) is 44.0 Å². The molecule has 0 aliphatic rings. The molecule has 3 nitrogen and oxygen atoms in total. The van der Waals surface area contributed by atoms with E-state index < -0.39 is 6.17 Å². The zero-order chi connectivity index (χ0) is 12.8. The molecule has 0 radical (unpaired) electrons. The maximum absolute atomic E-state index is 13.5. The zero-order valence-electron chi connectivity index (χ0n) is 10.6. The molecule has 1 atom stereocenters. The molecule has 0 fully saturated rings. The number of halogens is 1. The smallest absolute Gasteiger partial charge is 0.166 e. The zero-order valence-corrected chi connectivity index (χ0v) is 10.6. The highest BCUT2D eigenvalue weighted by molar-refractivity contribution is 5.50. The van der Waals surface area contributed by atoms with Crippen LogP contribution < -0.4 is 15.2 Å². The van der Waals surface area contributed by atoms with Crippen molar-refractivity contribution in [3.63, 3.8) is 0 Å². The molecular formula is C13H20FNO2. The van der Waals surface area contributed by atoms with Gasteiger partial charge in [0.05, 0.1) is 14.2 Å². The minimum atomic E-state index is -1.09. The summed E-state index contributed by atoms with van der Waals surface area (Å²) in [5.74, 6) is 1.04. The summed E-state index contributed by atoms with van der Waals surface area (Å²) in [6, 6.07) is 3.70. The molecule has 4 heteroatoms. The maximum Gasteiger partial charge on any atom is 0.166 e. The number of alkyl halides is 1. The van der Waals surface area contributed by atoms with Crippen LogP contribution >= 0.6 is 0 Å². The molecule has 1 aromatic carbocycles. The lowest BCUT2D eigenvalue weighted by molar-refractivity contribution is 0.323. The third-order valence-electron chi connectivity index (χ3n) is 2.67. The number of benzene rings is 1.